The molecule has 0 saturated heterocycles. The third-order valence-electron chi connectivity index (χ3n) is 6.01. The first-order valence-electron chi connectivity index (χ1n) is 11.4. The lowest BCUT2D eigenvalue weighted by molar-refractivity contribution is -0.137. The van der Waals surface area contributed by atoms with Crippen LogP contribution in [0.25, 0.3) is 10.8 Å². The summed E-state index contributed by atoms with van der Waals surface area (Å²) in [6.07, 6.45) is -0.682. The predicted molar refractivity (Wildman–Crippen MR) is 131 cm³/mol. The SMILES string of the molecule is C[C@H](NC(=O)C(C)(C)/C=C/CN[C@H](C)c1cccc2ccccc12)c1cccc(C(F)(F)F)c1. The molecule has 0 aliphatic carbocycles. The van der Waals surface area contributed by atoms with Crippen LogP contribution in [-0.2, 0) is 11.0 Å². The van der Waals surface area contributed by atoms with Crippen LogP contribution in [0.5, 0.6) is 0 Å². The first-order chi connectivity index (χ1) is 16.0. The molecule has 3 aromatic rings. The summed E-state index contributed by atoms with van der Waals surface area (Å²) in [6, 6.07) is 19.1. The van der Waals surface area contributed by atoms with Crippen LogP contribution in [0.3, 0.4) is 0 Å². The van der Waals surface area contributed by atoms with Crippen molar-refractivity contribution in [2.75, 3.05) is 6.54 Å². The van der Waals surface area contributed by atoms with Crippen molar-refractivity contribution in [1.82, 2.24) is 10.6 Å². The van der Waals surface area contributed by atoms with Crippen molar-refractivity contribution in [1.29, 1.82) is 0 Å². The van der Waals surface area contributed by atoms with Crippen molar-refractivity contribution in [3.63, 3.8) is 0 Å². The van der Waals surface area contributed by atoms with Gasteiger partial charge in [-0.2, -0.15) is 13.2 Å². The number of amides is 1. The number of carbonyl (C=O) groups is 1. The Balaban J connectivity index is 1.58. The lowest BCUT2D eigenvalue weighted by Crippen LogP contribution is -2.37. The van der Waals surface area contributed by atoms with E-state index < -0.39 is 23.2 Å². The molecule has 0 unspecified atom stereocenters. The Morgan fingerprint density at radius 1 is 0.941 bits per heavy atom. The molecule has 2 atom stereocenters. The van der Waals surface area contributed by atoms with E-state index in [0.717, 1.165) is 12.1 Å². The largest absolute Gasteiger partial charge is 0.416 e. The molecule has 0 spiro atoms. The average Bonchev–Trinajstić information content (AvgIpc) is 2.80. The van der Waals surface area contributed by atoms with Crippen molar-refractivity contribution in [3.8, 4) is 0 Å². The Hall–Kier alpha value is -3.12. The maximum absolute atomic E-state index is 13.0. The summed E-state index contributed by atoms with van der Waals surface area (Å²) in [4.78, 5) is 12.8. The zero-order valence-corrected chi connectivity index (χ0v) is 19.9. The molecule has 0 radical (unpaired) electrons. The number of rotatable bonds is 8. The molecule has 34 heavy (non-hydrogen) atoms. The summed E-state index contributed by atoms with van der Waals surface area (Å²) in [5.74, 6) is -0.254. The third kappa shape index (κ3) is 6.26. The number of hydrogen-bond acceptors (Lipinski definition) is 2. The van der Waals surface area contributed by atoms with Gasteiger partial charge in [0.2, 0.25) is 5.91 Å². The van der Waals surface area contributed by atoms with Gasteiger partial charge in [0.05, 0.1) is 17.0 Å². The number of benzene rings is 3. The van der Waals surface area contributed by atoms with E-state index >= 15 is 0 Å². The Labute approximate surface area is 199 Å². The van der Waals surface area contributed by atoms with Gasteiger partial charge in [-0.25, -0.2) is 0 Å². The molecule has 0 bridgehead atoms. The molecule has 0 heterocycles. The molecule has 6 heteroatoms. The number of halogens is 3. The minimum atomic E-state index is -4.42. The summed E-state index contributed by atoms with van der Waals surface area (Å²) in [5.41, 5.74) is 0.0730. The van der Waals surface area contributed by atoms with Crippen molar-refractivity contribution in [3.05, 3.63) is 95.6 Å². The Bertz CT molecular complexity index is 1160. The normalized spacial score (nSPS) is 14.3. The fourth-order valence-corrected chi connectivity index (χ4v) is 3.86. The number of nitrogens with one attached hydrogen (secondary N) is 2. The van der Waals surface area contributed by atoms with E-state index in [-0.39, 0.29) is 11.9 Å². The highest BCUT2D eigenvalue weighted by Crippen LogP contribution is 2.31. The van der Waals surface area contributed by atoms with Crippen LogP contribution in [0.15, 0.2) is 78.9 Å². The molecule has 3 nitrogen and oxygen atoms in total. The van der Waals surface area contributed by atoms with Gasteiger partial charge in [0.1, 0.15) is 0 Å². The van der Waals surface area contributed by atoms with Crippen LogP contribution in [-0.4, -0.2) is 12.5 Å². The van der Waals surface area contributed by atoms with Crippen molar-refractivity contribution < 1.29 is 18.0 Å². The average molecular weight is 469 g/mol. The maximum Gasteiger partial charge on any atom is 0.416 e. The molecular weight excluding hydrogens is 437 g/mol. The molecule has 0 aliphatic heterocycles. The molecule has 2 N–H and O–H groups in total. The third-order valence-corrected chi connectivity index (χ3v) is 6.01. The first kappa shape index (κ1) is 25.5. The van der Waals surface area contributed by atoms with Gasteiger partial charge in [0.25, 0.3) is 0 Å². The zero-order chi connectivity index (χ0) is 24.9. The quantitative estimate of drug-likeness (QED) is 0.351. The van der Waals surface area contributed by atoms with E-state index in [2.05, 4.69) is 41.8 Å². The first-order valence-corrected chi connectivity index (χ1v) is 11.4. The second kappa shape index (κ2) is 10.4. The number of alkyl halides is 3. The lowest BCUT2D eigenvalue weighted by atomic mass is 9.91. The van der Waals surface area contributed by atoms with Gasteiger partial charge < -0.3 is 10.6 Å². The van der Waals surface area contributed by atoms with Gasteiger partial charge in [-0.15, -0.1) is 0 Å². The zero-order valence-electron chi connectivity index (χ0n) is 19.9. The second-order valence-corrected chi connectivity index (χ2v) is 9.14. The molecule has 0 saturated carbocycles. The van der Waals surface area contributed by atoms with Crippen molar-refractivity contribution in [2.45, 2.75) is 46.0 Å². The monoisotopic (exact) mass is 468 g/mol. The summed E-state index contributed by atoms with van der Waals surface area (Å²) in [6.45, 7) is 7.92. The van der Waals surface area contributed by atoms with Crippen LogP contribution in [0.1, 0.15) is 56.5 Å². The van der Waals surface area contributed by atoms with E-state index in [1.165, 1.54) is 22.4 Å². The summed E-state index contributed by atoms with van der Waals surface area (Å²) >= 11 is 0. The fourth-order valence-electron chi connectivity index (χ4n) is 3.86. The van der Waals surface area contributed by atoms with Crippen LogP contribution in [0, 0.1) is 5.41 Å². The standard InChI is InChI=1S/C28H31F3N2O/c1-19(22-12-7-13-23(18-22)28(29,30)31)33-26(34)27(3,4)16-9-17-32-20(2)24-15-8-11-21-10-5-6-14-25(21)24/h5-16,18-20,32H,17H2,1-4H3,(H,33,34)/b16-9+/t19-,20+/m0/s1. The van der Waals surface area contributed by atoms with E-state index in [1.54, 1.807) is 26.8 Å². The molecule has 3 rings (SSSR count). The Morgan fingerprint density at radius 2 is 1.62 bits per heavy atom. The van der Waals surface area contributed by atoms with Crippen LogP contribution in [0.4, 0.5) is 13.2 Å². The molecule has 0 aliphatic rings. The van der Waals surface area contributed by atoms with Gasteiger partial charge in [-0.3, -0.25) is 4.79 Å². The van der Waals surface area contributed by atoms with Gasteiger partial charge in [-0.05, 0) is 61.7 Å². The summed E-state index contributed by atoms with van der Waals surface area (Å²) in [5, 5.41) is 8.69. The highest BCUT2D eigenvalue weighted by atomic mass is 19.4. The second-order valence-electron chi connectivity index (χ2n) is 9.14. The molecule has 0 fully saturated rings. The van der Waals surface area contributed by atoms with Crippen molar-refractivity contribution >= 4 is 16.7 Å². The fraction of sp³-hybridized carbons (Fsp3) is 0.321. The highest BCUT2D eigenvalue weighted by Gasteiger charge is 2.31. The van der Waals surface area contributed by atoms with Gasteiger partial charge in [0, 0.05) is 12.6 Å². The molecule has 0 aromatic heterocycles. The summed E-state index contributed by atoms with van der Waals surface area (Å²) < 4.78 is 39.0. The van der Waals surface area contributed by atoms with Gasteiger partial charge >= 0.3 is 6.18 Å². The number of fused-ring (bicyclic) bond motifs is 1. The van der Waals surface area contributed by atoms with Crippen LogP contribution in [0.2, 0.25) is 0 Å². The Kier molecular flexibility index (Phi) is 7.82. The smallest absolute Gasteiger partial charge is 0.349 e. The summed E-state index contributed by atoms with van der Waals surface area (Å²) in [7, 11) is 0. The predicted octanol–water partition coefficient (Wildman–Crippen LogP) is 6.97. The molecular formula is C28H31F3N2O. The minimum absolute atomic E-state index is 0.119. The maximum atomic E-state index is 13.0. The topological polar surface area (TPSA) is 41.1 Å². The highest BCUT2D eigenvalue weighted by molar-refractivity contribution is 5.86. The molecule has 1 amide bonds. The van der Waals surface area contributed by atoms with Gasteiger partial charge in [-0.1, -0.05) is 66.7 Å². The van der Waals surface area contributed by atoms with E-state index in [9.17, 15) is 18.0 Å². The number of hydrogen-bond donors (Lipinski definition) is 2. The van der Waals surface area contributed by atoms with E-state index in [0.29, 0.717) is 12.1 Å². The molecule has 3 aromatic carbocycles. The van der Waals surface area contributed by atoms with Crippen LogP contribution >= 0.6 is 0 Å². The van der Waals surface area contributed by atoms with E-state index in [1.807, 2.05) is 30.4 Å². The Morgan fingerprint density at radius 3 is 2.35 bits per heavy atom. The number of carbonyl (C=O) groups excluding carboxylic acids is 1. The van der Waals surface area contributed by atoms with E-state index in [4.69, 9.17) is 0 Å². The lowest BCUT2D eigenvalue weighted by Gasteiger charge is -2.24. The molecule has 180 valence electrons. The minimum Gasteiger partial charge on any atom is -0.349 e. The van der Waals surface area contributed by atoms with Crippen molar-refractivity contribution in [2.24, 2.45) is 5.41 Å². The van der Waals surface area contributed by atoms with Gasteiger partial charge in [0.15, 0.2) is 0 Å². The van der Waals surface area contributed by atoms with Crippen LogP contribution < -0.4 is 10.6 Å².